The van der Waals surface area contributed by atoms with Gasteiger partial charge in [0.25, 0.3) is 5.91 Å². The molecule has 164 valence electrons. The van der Waals surface area contributed by atoms with E-state index in [0.29, 0.717) is 43.9 Å². The number of carbonyl (C=O) groups is 1. The Hall–Kier alpha value is -2.52. The highest BCUT2D eigenvalue weighted by molar-refractivity contribution is 7.16. The van der Waals surface area contributed by atoms with Gasteiger partial charge in [-0.1, -0.05) is 23.7 Å². The molecule has 2 saturated heterocycles. The van der Waals surface area contributed by atoms with Gasteiger partial charge in [0.2, 0.25) is 5.95 Å². The van der Waals surface area contributed by atoms with Crippen molar-refractivity contribution >= 4 is 34.8 Å². The summed E-state index contributed by atoms with van der Waals surface area (Å²) in [5.41, 5.74) is 3.17. The van der Waals surface area contributed by atoms with Gasteiger partial charge in [-0.25, -0.2) is 9.97 Å². The molecular weight excluding hydrogens is 448 g/mol. The molecule has 32 heavy (non-hydrogen) atoms. The van der Waals surface area contributed by atoms with Crippen LogP contribution in [-0.2, 0) is 21.6 Å². The van der Waals surface area contributed by atoms with Crippen LogP contribution in [0, 0.1) is 6.92 Å². The summed E-state index contributed by atoms with van der Waals surface area (Å²) in [6, 6.07) is 9.88. The molecule has 7 nitrogen and oxygen atoms in total. The first-order chi connectivity index (χ1) is 15.5. The molecule has 1 N–H and O–H groups in total. The zero-order valence-corrected chi connectivity index (χ0v) is 19.0. The summed E-state index contributed by atoms with van der Waals surface area (Å²) in [4.78, 5) is 26.6. The van der Waals surface area contributed by atoms with Crippen LogP contribution in [0.25, 0.3) is 10.6 Å². The maximum atomic E-state index is 13.5. The van der Waals surface area contributed by atoms with Crippen LogP contribution in [0.15, 0.2) is 36.5 Å². The molecule has 0 unspecified atom stereocenters. The first-order valence-corrected chi connectivity index (χ1v) is 11.7. The number of aryl methyl sites for hydroxylation is 1. The van der Waals surface area contributed by atoms with Crippen molar-refractivity contribution in [3.63, 3.8) is 0 Å². The molecule has 3 aromatic rings. The van der Waals surface area contributed by atoms with Gasteiger partial charge in [0, 0.05) is 22.6 Å². The van der Waals surface area contributed by atoms with Crippen molar-refractivity contribution < 1.29 is 14.3 Å². The van der Waals surface area contributed by atoms with Crippen LogP contribution in [-0.4, -0.2) is 53.2 Å². The third-order valence-corrected chi connectivity index (χ3v) is 7.80. The summed E-state index contributed by atoms with van der Waals surface area (Å²) in [6.07, 6.45) is 1.82. The van der Waals surface area contributed by atoms with Crippen LogP contribution in [0.2, 0.25) is 5.02 Å². The number of thiophene rings is 1. The smallest absolute Gasteiger partial charge is 0.256 e. The van der Waals surface area contributed by atoms with E-state index in [4.69, 9.17) is 26.1 Å². The number of benzene rings is 1. The lowest BCUT2D eigenvalue weighted by Crippen LogP contribution is -2.56. The van der Waals surface area contributed by atoms with Crippen LogP contribution in [0.3, 0.4) is 0 Å². The predicted octanol–water partition coefficient (Wildman–Crippen LogP) is 3.86. The molecule has 2 aromatic heterocycles. The largest absolute Gasteiger partial charge is 0.377 e. The van der Waals surface area contributed by atoms with Gasteiger partial charge in [-0.2, -0.15) is 0 Å². The molecule has 2 fully saturated rings. The molecule has 0 bridgehead atoms. The second kappa shape index (κ2) is 7.52. The summed E-state index contributed by atoms with van der Waals surface area (Å²) < 4.78 is 10.8. The van der Waals surface area contributed by atoms with Gasteiger partial charge in [-0.05, 0) is 36.2 Å². The number of nitrogens with zero attached hydrogens (tertiary/aromatic N) is 3. The Morgan fingerprint density at radius 3 is 2.81 bits per heavy atom. The van der Waals surface area contributed by atoms with Gasteiger partial charge in [0.15, 0.2) is 0 Å². The third-order valence-electron chi connectivity index (χ3n) is 6.23. The second-order valence-electron chi connectivity index (χ2n) is 8.50. The predicted molar refractivity (Wildman–Crippen MR) is 122 cm³/mol. The molecule has 0 saturated carbocycles. The van der Waals surface area contributed by atoms with Gasteiger partial charge in [0.1, 0.15) is 5.54 Å². The SMILES string of the molecule is Cc1cnc(NC2COC2)nc1-c1cc2c(s1)C1(COC1)N(Cc1cccc(Cl)c1)C2=O. The zero-order valence-electron chi connectivity index (χ0n) is 17.4. The van der Waals surface area contributed by atoms with Crippen molar-refractivity contribution in [3.05, 3.63) is 63.1 Å². The van der Waals surface area contributed by atoms with Crippen LogP contribution in [0.5, 0.6) is 0 Å². The highest BCUT2D eigenvalue weighted by Gasteiger charge is 2.56. The normalized spacial score (nSPS) is 19.1. The fourth-order valence-electron chi connectivity index (χ4n) is 4.36. The number of anilines is 1. The summed E-state index contributed by atoms with van der Waals surface area (Å²) in [5, 5.41) is 3.97. The molecule has 9 heteroatoms. The van der Waals surface area contributed by atoms with Crippen LogP contribution in [0.4, 0.5) is 5.95 Å². The lowest BCUT2D eigenvalue weighted by molar-refractivity contribution is -0.126. The first kappa shape index (κ1) is 20.1. The van der Waals surface area contributed by atoms with E-state index >= 15 is 0 Å². The standard InChI is InChI=1S/C23H21ClN4O3S/c1-13-7-25-22(26-16-9-30-10-16)27-19(13)18-6-17-20(32-18)23(11-31-12-23)28(21(17)29)8-14-3-2-4-15(24)5-14/h2-7,16H,8-12H2,1H3,(H,25,26,27). The topological polar surface area (TPSA) is 76.6 Å². The van der Waals surface area contributed by atoms with Gasteiger partial charge in [-0.15, -0.1) is 11.3 Å². The number of nitrogens with one attached hydrogen (secondary N) is 1. The number of rotatable bonds is 5. The Labute approximate surface area is 194 Å². The van der Waals surface area contributed by atoms with Crippen LogP contribution < -0.4 is 5.32 Å². The molecule has 0 radical (unpaired) electrons. The number of carbonyl (C=O) groups excluding carboxylic acids is 1. The van der Waals surface area contributed by atoms with Gasteiger partial charge in [0.05, 0.1) is 48.6 Å². The number of fused-ring (bicyclic) bond motifs is 2. The second-order valence-corrected chi connectivity index (χ2v) is 9.99. The Morgan fingerprint density at radius 2 is 2.12 bits per heavy atom. The van der Waals surface area contributed by atoms with Gasteiger partial charge in [-0.3, -0.25) is 4.79 Å². The number of halogens is 1. The quantitative estimate of drug-likeness (QED) is 0.612. The highest BCUT2D eigenvalue weighted by Crippen LogP contribution is 2.50. The fraction of sp³-hybridized carbons (Fsp3) is 0.348. The van der Waals surface area contributed by atoms with Gasteiger partial charge < -0.3 is 19.7 Å². The summed E-state index contributed by atoms with van der Waals surface area (Å²) in [6.45, 7) is 4.83. The minimum absolute atomic E-state index is 0.0300. The number of amides is 1. The maximum absolute atomic E-state index is 13.5. The Kier molecular flexibility index (Phi) is 4.73. The average molecular weight is 469 g/mol. The minimum atomic E-state index is -0.414. The van der Waals surface area contributed by atoms with Crippen molar-refractivity contribution in [1.29, 1.82) is 0 Å². The molecule has 3 aliphatic heterocycles. The summed E-state index contributed by atoms with van der Waals surface area (Å²) in [7, 11) is 0. The number of aromatic nitrogens is 2. The molecule has 0 aliphatic carbocycles. The van der Waals surface area contributed by atoms with E-state index in [1.165, 1.54) is 0 Å². The van der Waals surface area contributed by atoms with E-state index in [1.54, 1.807) is 11.3 Å². The Morgan fingerprint density at radius 1 is 1.28 bits per heavy atom. The van der Waals surface area contributed by atoms with E-state index < -0.39 is 5.54 Å². The molecule has 1 aromatic carbocycles. The number of ether oxygens (including phenoxy) is 2. The Balaban J connectivity index is 1.34. The maximum Gasteiger partial charge on any atom is 0.256 e. The average Bonchev–Trinajstić information content (AvgIpc) is 3.23. The van der Waals surface area contributed by atoms with Crippen molar-refractivity contribution in [3.8, 4) is 10.6 Å². The highest BCUT2D eigenvalue weighted by atomic mass is 35.5. The van der Waals surface area contributed by atoms with Crippen molar-refractivity contribution in [2.45, 2.75) is 25.0 Å². The van der Waals surface area contributed by atoms with Crippen molar-refractivity contribution in [2.75, 3.05) is 31.7 Å². The van der Waals surface area contributed by atoms with Crippen LogP contribution >= 0.6 is 22.9 Å². The third kappa shape index (κ3) is 3.13. The van der Waals surface area contributed by atoms with E-state index in [1.807, 2.05) is 48.4 Å². The molecule has 0 atom stereocenters. The van der Waals surface area contributed by atoms with E-state index in [-0.39, 0.29) is 11.9 Å². The molecular formula is C23H21ClN4O3S. The first-order valence-electron chi connectivity index (χ1n) is 10.5. The zero-order chi connectivity index (χ0) is 21.9. The van der Waals surface area contributed by atoms with E-state index in [9.17, 15) is 4.79 Å². The molecule has 1 amide bonds. The molecule has 3 aliphatic rings. The summed E-state index contributed by atoms with van der Waals surface area (Å²) in [5.74, 6) is 0.616. The summed E-state index contributed by atoms with van der Waals surface area (Å²) >= 11 is 7.79. The van der Waals surface area contributed by atoms with Gasteiger partial charge >= 0.3 is 0 Å². The van der Waals surface area contributed by atoms with Crippen molar-refractivity contribution in [2.24, 2.45) is 0 Å². The number of hydrogen-bond acceptors (Lipinski definition) is 7. The van der Waals surface area contributed by atoms with Crippen LogP contribution in [0.1, 0.15) is 26.4 Å². The monoisotopic (exact) mass is 468 g/mol. The number of hydrogen-bond donors (Lipinski definition) is 1. The molecule has 5 heterocycles. The van der Waals surface area contributed by atoms with Crippen molar-refractivity contribution in [1.82, 2.24) is 14.9 Å². The van der Waals surface area contributed by atoms with E-state index in [2.05, 4.69) is 10.3 Å². The minimum Gasteiger partial charge on any atom is -0.377 e. The lowest BCUT2D eigenvalue weighted by Gasteiger charge is -2.45. The van der Waals surface area contributed by atoms with E-state index in [0.717, 1.165) is 32.1 Å². The fourth-order valence-corrected chi connectivity index (χ4v) is 5.95. The molecule has 1 spiro atoms. The molecule has 6 rings (SSSR count). The Bertz CT molecular complexity index is 1220. The lowest BCUT2D eigenvalue weighted by atomic mass is 9.94.